The van der Waals surface area contributed by atoms with Crippen molar-refractivity contribution in [1.82, 2.24) is 9.80 Å². The molecule has 0 aromatic carbocycles. The molecule has 2 fully saturated rings. The van der Waals surface area contributed by atoms with E-state index < -0.39 is 0 Å². The highest BCUT2D eigenvalue weighted by molar-refractivity contribution is 5.31. The van der Waals surface area contributed by atoms with Crippen LogP contribution in [0, 0.1) is 17.3 Å². The van der Waals surface area contributed by atoms with Crippen molar-refractivity contribution in [3.05, 3.63) is 36.0 Å². The molecular weight excluding hydrogens is 356 g/mol. The minimum atomic E-state index is -0.152. The number of hydrogen-bond donors (Lipinski definition) is 1. The first kappa shape index (κ1) is 20.0. The second-order valence-electron chi connectivity index (χ2n) is 10.4. The van der Waals surface area contributed by atoms with Gasteiger partial charge < -0.3 is 10.0 Å². The van der Waals surface area contributed by atoms with Gasteiger partial charge >= 0.3 is 0 Å². The first-order valence-corrected chi connectivity index (χ1v) is 12.4. The van der Waals surface area contributed by atoms with Crippen LogP contribution in [0.5, 0.6) is 0 Å². The van der Waals surface area contributed by atoms with Crippen LogP contribution in [-0.2, 0) is 0 Å². The normalized spacial score (nSPS) is 45.5. The molecule has 6 rings (SSSR count). The first-order valence-electron chi connectivity index (χ1n) is 12.4. The summed E-state index contributed by atoms with van der Waals surface area (Å²) in [4.78, 5) is 5.50. The molecule has 6 bridgehead atoms. The topological polar surface area (TPSA) is 26.7 Å². The van der Waals surface area contributed by atoms with Crippen molar-refractivity contribution in [3.63, 3.8) is 0 Å². The minimum Gasteiger partial charge on any atom is -0.391 e. The van der Waals surface area contributed by atoms with E-state index in [4.69, 9.17) is 0 Å². The Morgan fingerprint density at radius 1 is 0.862 bits per heavy atom. The van der Waals surface area contributed by atoms with Crippen LogP contribution in [0.2, 0.25) is 0 Å². The monoisotopic (exact) mass is 396 g/mol. The Bertz CT molecular complexity index is 668. The van der Waals surface area contributed by atoms with Gasteiger partial charge in [0.2, 0.25) is 0 Å². The molecular formula is C26H40N2O. The molecule has 2 saturated heterocycles. The standard InChI is InChI=1S/C26H40N2O/c29-23-19-27-15-11-7-4-2-6-10-14-26(20-27)24(23)22-17-21-13-9-5-1-3-8-12-16-28(18-22)25(21)26/h1-2,4-5,17,22-25,29H,3,6-16,18-20H2. The molecule has 3 heteroatoms. The third-order valence-corrected chi connectivity index (χ3v) is 8.49. The minimum absolute atomic E-state index is 0.152. The molecule has 0 aromatic heterocycles. The van der Waals surface area contributed by atoms with Crippen LogP contribution < -0.4 is 0 Å². The van der Waals surface area contributed by atoms with Gasteiger partial charge in [-0.3, -0.25) is 4.90 Å². The van der Waals surface area contributed by atoms with Gasteiger partial charge in [0.15, 0.2) is 0 Å². The lowest BCUT2D eigenvalue weighted by Gasteiger charge is -2.65. The van der Waals surface area contributed by atoms with E-state index in [1.165, 1.54) is 83.8 Å². The second kappa shape index (κ2) is 8.69. The maximum atomic E-state index is 11.4. The third kappa shape index (κ3) is 3.79. The van der Waals surface area contributed by atoms with Gasteiger partial charge in [0.1, 0.15) is 0 Å². The summed E-state index contributed by atoms with van der Waals surface area (Å²) in [5, 5.41) is 11.4. The summed E-state index contributed by atoms with van der Waals surface area (Å²) in [7, 11) is 0. The van der Waals surface area contributed by atoms with Crippen molar-refractivity contribution in [1.29, 1.82) is 0 Å². The van der Waals surface area contributed by atoms with Crippen molar-refractivity contribution in [3.8, 4) is 0 Å². The average Bonchev–Trinajstić information content (AvgIpc) is 2.76. The Morgan fingerprint density at radius 3 is 2.55 bits per heavy atom. The summed E-state index contributed by atoms with van der Waals surface area (Å²) in [6, 6.07) is 0.561. The van der Waals surface area contributed by atoms with Crippen molar-refractivity contribution in [2.75, 3.05) is 32.7 Å². The van der Waals surface area contributed by atoms with E-state index in [9.17, 15) is 5.11 Å². The van der Waals surface area contributed by atoms with E-state index in [2.05, 4.69) is 40.2 Å². The van der Waals surface area contributed by atoms with E-state index in [0.717, 1.165) is 13.1 Å². The third-order valence-electron chi connectivity index (χ3n) is 8.49. The molecule has 3 nitrogen and oxygen atoms in total. The number of piperidine rings is 2. The Labute approximate surface area is 177 Å². The second-order valence-corrected chi connectivity index (χ2v) is 10.4. The maximum absolute atomic E-state index is 11.4. The summed E-state index contributed by atoms with van der Waals surface area (Å²) in [5.74, 6) is 1.02. The highest BCUT2D eigenvalue weighted by Crippen LogP contribution is 2.57. The Balaban J connectivity index is 1.53. The van der Waals surface area contributed by atoms with E-state index in [-0.39, 0.29) is 11.5 Å². The Kier molecular flexibility index (Phi) is 6.00. The van der Waals surface area contributed by atoms with Crippen molar-refractivity contribution < 1.29 is 5.11 Å². The molecule has 1 spiro atoms. The summed E-state index contributed by atoms with van der Waals surface area (Å²) in [5.41, 5.74) is 1.96. The Hall–Kier alpha value is -0.900. The van der Waals surface area contributed by atoms with Crippen LogP contribution in [0.1, 0.15) is 64.2 Å². The number of aliphatic hydroxyl groups is 1. The first-order chi connectivity index (χ1) is 14.3. The highest BCUT2D eigenvalue weighted by atomic mass is 16.3. The largest absolute Gasteiger partial charge is 0.391 e. The van der Waals surface area contributed by atoms with E-state index >= 15 is 0 Å². The van der Waals surface area contributed by atoms with Crippen LogP contribution in [-0.4, -0.2) is 59.8 Å². The maximum Gasteiger partial charge on any atom is 0.0707 e. The van der Waals surface area contributed by atoms with Gasteiger partial charge in [-0.25, -0.2) is 0 Å². The van der Waals surface area contributed by atoms with Gasteiger partial charge in [-0.05, 0) is 83.2 Å². The van der Waals surface area contributed by atoms with Gasteiger partial charge in [0.05, 0.1) is 6.10 Å². The zero-order chi connectivity index (χ0) is 19.7. The molecule has 160 valence electrons. The fourth-order valence-electron chi connectivity index (χ4n) is 7.58. The molecule has 5 heterocycles. The molecule has 1 aliphatic carbocycles. The number of allylic oxidation sites excluding steroid dienone is 4. The van der Waals surface area contributed by atoms with E-state index in [1.807, 2.05) is 0 Å². The van der Waals surface area contributed by atoms with Gasteiger partial charge in [0.25, 0.3) is 0 Å². The molecule has 1 N–H and O–H groups in total. The lowest BCUT2D eigenvalue weighted by molar-refractivity contribution is -0.160. The highest BCUT2D eigenvalue weighted by Gasteiger charge is 2.61. The van der Waals surface area contributed by atoms with Crippen LogP contribution in [0.15, 0.2) is 36.0 Å². The van der Waals surface area contributed by atoms with Crippen molar-refractivity contribution in [2.24, 2.45) is 17.3 Å². The Morgan fingerprint density at radius 2 is 1.66 bits per heavy atom. The van der Waals surface area contributed by atoms with Gasteiger partial charge in [-0.2, -0.15) is 0 Å². The molecule has 0 saturated carbocycles. The van der Waals surface area contributed by atoms with Gasteiger partial charge in [-0.1, -0.05) is 36.0 Å². The fourth-order valence-corrected chi connectivity index (χ4v) is 7.58. The summed E-state index contributed by atoms with van der Waals surface area (Å²) in [6.07, 6.45) is 24.6. The predicted octanol–water partition coefficient (Wildman–Crippen LogP) is 4.55. The van der Waals surface area contributed by atoms with Gasteiger partial charge in [0, 0.05) is 37.0 Å². The zero-order valence-corrected chi connectivity index (χ0v) is 18.1. The molecule has 5 aliphatic heterocycles. The molecule has 0 aromatic rings. The fraction of sp³-hybridized carbons (Fsp3) is 0.769. The van der Waals surface area contributed by atoms with Crippen molar-refractivity contribution in [2.45, 2.75) is 76.4 Å². The van der Waals surface area contributed by atoms with Crippen LogP contribution in [0.25, 0.3) is 0 Å². The predicted molar refractivity (Wildman–Crippen MR) is 120 cm³/mol. The average molecular weight is 397 g/mol. The SMILES string of the molecule is OC1CN2CCCC=CCCCC3(C2)C1C1C=C2CCC=CCCCCN(C1)C23. The van der Waals surface area contributed by atoms with Crippen molar-refractivity contribution >= 4 is 0 Å². The number of rotatable bonds is 0. The lowest BCUT2D eigenvalue weighted by Crippen LogP contribution is -2.72. The number of hydrogen-bond acceptors (Lipinski definition) is 3. The number of fused-ring (bicyclic) bond motifs is 1. The number of aliphatic hydroxyl groups excluding tert-OH is 1. The summed E-state index contributed by atoms with van der Waals surface area (Å²) in [6.45, 7) is 5.68. The number of nitrogens with zero attached hydrogens (tertiary/aromatic N) is 2. The smallest absolute Gasteiger partial charge is 0.0707 e. The lowest BCUT2D eigenvalue weighted by atomic mass is 9.51. The van der Waals surface area contributed by atoms with E-state index in [1.54, 1.807) is 5.57 Å². The van der Waals surface area contributed by atoms with Gasteiger partial charge in [-0.15, -0.1) is 0 Å². The van der Waals surface area contributed by atoms with E-state index in [0.29, 0.717) is 17.9 Å². The zero-order valence-electron chi connectivity index (χ0n) is 18.1. The summed E-state index contributed by atoms with van der Waals surface area (Å²) < 4.78 is 0. The van der Waals surface area contributed by atoms with Crippen LogP contribution in [0.3, 0.4) is 0 Å². The molecule has 7 atom stereocenters. The quantitative estimate of drug-likeness (QED) is 0.609. The van der Waals surface area contributed by atoms with Crippen LogP contribution in [0.4, 0.5) is 0 Å². The molecule has 0 radical (unpaired) electrons. The molecule has 29 heavy (non-hydrogen) atoms. The summed E-state index contributed by atoms with van der Waals surface area (Å²) >= 11 is 0. The van der Waals surface area contributed by atoms with Crippen LogP contribution >= 0.6 is 0 Å². The molecule has 0 amide bonds. The molecule has 6 aliphatic rings. The molecule has 7 unspecified atom stereocenters.